The van der Waals surface area contributed by atoms with Crippen LogP contribution in [0, 0.1) is 0 Å². The van der Waals surface area contributed by atoms with Crippen molar-refractivity contribution < 1.29 is 47.6 Å². The SMILES string of the molecule is COc1cc2ccc1OCCOCCOCCOc1ccc(cc1)CNC(=O)c1cc(OCc3cn(CCCCCCN4C(=O)c5ccccc5C4=O)nn3)cc(c1)C(=O)NC2. The Morgan fingerprint density at radius 1 is 0.661 bits per heavy atom. The van der Waals surface area contributed by atoms with Gasteiger partial charge in [-0.2, -0.15) is 0 Å². The molecule has 1 aromatic heterocycles. The molecule has 16 nitrogen and oxygen atoms in total. The normalized spacial score (nSPS) is 15.3. The number of benzene rings is 4. The van der Waals surface area contributed by atoms with E-state index >= 15 is 0 Å². The van der Waals surface area contributed by atoms with E-state index in [9.17, 15) is 19.2 Å². The van der Waals surface area contributed by atoms with Gasteiger partial charge in [0.05, 0.1) is 50.9 Å². The first kappa shape index (κ1) is 43.3. The van der Waals surface area contributed by atoms with Gasteiger partial charge in [0, 0.05) is 37.3 Å². The Kier molecular flexibility index (Phi) is 15.1. The van der Waals surface area contributed by atoms with Crippen LogP contribution in [0.5, 0.6) is 23.0 Å². The number of unbranched alkanes of at least 4 members (excludes halogenated alkanes) is 3. The van der Waals surface area contributed by atoms with E-state index < -0.39 is 11.8 Å². The zero-order valence-electron chi connectivity index (χ0n) is 34.6. The molecule has 10 rings (SSSR count). The van der Waals surface area contributed by atoms with E-state index in [-0.39, 0.29) is 42.6 Å². The summed E-state index contributed by atoms with van der Waals surface area (Å²) in [5, 5.41) is 14.4. The summed E-state index contributed by atoms with van der Waals surface area (Å²) in [6.07, 6.45) is 5.07. The molecule has 0 atom stereocenters. The molecule has 0 radical (unpaired) electrons. The molecule has 5 aliphatic rings. The predicted octanol–water partition coefficient (Wildman–Crippen LogP) is 5.39. The minimum absolute atomic E-state index is 0.0489. The number of fused-ring (bicyclic) bond motifs is 1. The van der Waals surface area contributed by atoms with Gasteiger partial charge in [0.25, 0.3) is 23.6 Å². The number of rotatable bonds is 11. The van der Waals surface area contributed by atoms with Crippen molar-refractivity contribution in [2.75, 3.05) is 53.3 Å². The molecule has 62 heavy (non-hydrogen) atoms. The molecule has 16 heteroatoms. The van der Waals surface area contributed by atoms with E-state index in [2.05, 4.69) is 20.9 Å². The number of imide groups is 1. The Morgan fingerprint density at radius 3 is 1.95 bits per heavy atom. The molecule has 324 valence electrons. The Labute approximate surface area is 359 Å². The zero-order chi connectivity index (χ0) is 43.1. The van der Waals surface area contributed by atoms with Crippen LogP contribution < -0.4 is 29.6 Å². The number of methoxy groups -OCH3 is 1. The van der Waals surface area contributed by atoms with Crippen molar-refractivity contribution in [1.29, 1.82) is 0 Å². The van der Waals surface area contributed by atoms with Gasteiger partial charge in [-0.1, -0.05) is 48.4 Å². The van der Waals surface area contributed by atoms with Gasteiger partial charge in [-0.05, 0) is 78.6 Å². The maximum absolute atomic E-state index is 13.6. The van der Waals surface area contributed by atoms with E-state index in [4.69, 9.17) is 28.4 Å². The lowest BCUT2D eigenvalue weighted by Gasteiger charge is -2.14. The summed E-state index contributed by atoms with van der Waals surface area (Å²) < 4.78 is 36.3. The van der Waals surface area contributed by atoms with Gasteiger partial charge in [0.2, 0.25) is 0 Å². The molecule has 4 aromatic carbocycles. The third-order valence-electron chi connectivity index (χ3n) is 10.2. The molecular weight excluding hydrogens is 797 g/mol. The molecule has 0 fully saturated rings. The average molecular weight is 847 g/mol. The Bertz CT molecular complexity index is 2300. The highest BCUT2D eigenvalue weighted by atomic mass is 16.6. The van der Waals surface area contributed by atoms with Crippen LogP contribution in [0.4, 0.5) is 0 Å². The van der Waals surface area contributed by atoms with Crippen molar-refractivity contribution in [3.63, 3.8) is 0 Å². The fourth-order valence-corrected chi connectivity index (χ4v) is 6.92. The minimum Gasteiger partial charge on any atom is -0.493 e. The average Bonchev–Trinajstić information content (AvgIpc) is 3.86. The molecule has 4 amide bonds. The lowest BCUT2D eigenvalue weighted by atomic mass is 10.1. The molecule has 6 heterocycles. The van der Waals surface area contributed by atoms with Crippen LogP contribution >= 0.6 is 0 Å². The summed E-state index contributed by atoms with van der Waals surface area (Å²) in [4.78, 5) is 53.7. The summed E-state index contributed by atoms with van der Waals surface area (Å²) in [6, 6.07) is 24.4. The van der Waals surface area contributed by atoms with E-state index in [1.807, 2.05) is 30.3 Å². The van der Waals surface area contributed by atoms with Crippen LogP contribution in [-0.2, 0) is 35.7 Å². The Hall–Kier alpha value is -6.78. The third kappa shape index (κ3) is 11.7. The van der Waals surface area contributed by atoms with Gasteiger partial charge < -0.3 is 39.1 Å². The number of carbonyl (C=O) groups is 4. The zero-order valence-corrected chi connectivity index (χ0v) is 34.6. The van der Waals surface area contributed by atoms with Crippen LogP contribution in [0.2, 0.25) is 0 Å². The van der Waals surface area contributed by atoms with Crippen LogP contribution in [0.1, 0.15) is 83.9 Å². The molecule has 0 spiro atoms. The molecule has 2 N–H and O–H groups in total. The quantitative estimate of drug-likeness (QED) is 0.128. The van der Waals surface area contributed by atoms with Crippen LogP contribution in [0.15, 0.2) is 91.1 Å². The van der Waals surface area contributed by atoms with E-state index in [1.165, 1.54) is 11.0 Å². The maximum Gasteiger partial charge on any atom is 0.261 e. The summed E-state index contributed by atoms with van der Waals surface area (Å²) in [7, 11) is 1.55. The summed E-state index contributed by atoms with van der Waals surface area (Å²) in [5.41, 5.74) is 3.60. The molecule has 0 aliphatic carbocycles. The largest absolute Gasteiger partial charge is 0.493 e. The van der Waals surface area contributed by atoms with Gasteiger partial charge in [0.15, 0.2) is 11.5 Å². The molecular formula is C46H50N6O10. The maximum atomic E-state index is 13.6. The lowest BCUT2D eigenvalue weighted by Crippen LogP contribution is -2.30. The van der Waals surface area contributed by atoms with Gasteiger partial charge >= 0.3 is 0 Å². The number of aromatic nitrogens is 3. The first-order valence-electron chi connectivity index (χ1n) is 20.7. The standard InChI is InChI=1S/C46H50N6O10/c1-57-42-24-33-12-15-41(42)61-23-21-59-19-18-58-20-22-60-37-13-10-32(11-14-37)28-47-43(53)34-25-35(44(54)48-29-33)27-38(26-34)62-31-36-30-51(50-49-36)16-6-2-3-7-17-52-45(55)39-8-4-5-9-40(39)46(52)56/h4-5,8-15,24-27,30H,2-3,6-7,16-23,28-29,31H2,1H3,(H,47,53)(H,48,54). The van der Waals surface area contributed by atoms with Gasteiger partial charge in [0.1, 0.15) is 37.0 Å². The number of carbonyl (C=O) groups excluding carboxylic acids is 4. The van der Waals surface area contributed by atoms with Crippen molar-refractivity contribution in [2.24, 2.45) is 0 Å². The summed E-state index contributed by atoms with van der Waals surface area (Å²) in [6.45, 7) is 3.76. The van der Waals surface area contributed by atoms with E-state index in [0.717, 1.165) is 30.4 Å². The fourth-order valence-electron chi connectivity index (χ4n) is 6.92. The highest BCUT2D eigenvalue weighted by Crippen LogP contribution is 2.28. The number of hydrogen-bond acceptors (Lipinski definition) is 12. The second kappa shape index (κ2) is 21.7. The van der Waals surface area contributed by atoms with Crippen molar-refractivity contribution in [1.82, 2.24) is 30.5 Å². The van der Waals surface area contributed by atoms with Crippen LogP contribution in [0.25, 0.3) is 0 Å². The highest BCUT2D eigenvalue weighted by Gasteiger charge is 2.34. The topological polar surface area (TPSA) is 182 Å². The second-order valence-electron chi connectivity index (χ2n) is 14.6. The molecule has 0 saturated carbocycles. The lowest BCUT2D eigenvalue weighted by molar-refractivity contribution is 0.0271. The highest BCUT2D eigenvalue weighted by molar-refractivity contribution is 6.21. The van der Waals surface area contributed by atoms with Gasteiger partial charge in [-0.3, -0.25) is 28.8 Å². The molecule has 0 saturated heterocycles. The van der Waals surface area contributed by atoms with Crippen LogP contribution in [-0.4, -0.2) is 96.8 Å². The number of nitrogens with zero attached hydrogens (tertiary/aromatic N) is 4. The molecule has 5 aliphatic heterocycles. The summed E-state index contributed by atoms with van der Waals surface area (Å²) in [5.74, 6) is 0.766. The van der Waals surface area contributed by atoms with E-state index in [0.29, 0.717) is 99.0 Å². The fraction of sp³-hybridized carbons (Fsp3) is 0.348. The van der Waals surface area contributed by atoms with Crippen LogP contribution in [0.3, 0.4) is 0 Å². The number of amides is 4. The monoisotopic (exact) mass is 846 g/mol. The Morgan fingerprint density at radius 2 is 1.27 bits per heavy atom. The molecule has 5 aromatic rings. The third-order valence-corrected chi connectivity index (χ3v) is 10.2. The van der Waals surface area contributed by atoms with Crippen molar-refractivity contribution in [3.05, 3.63) is 130 Å². The van der Waals surface area contributed by atoms with E-state index in [1.54, 1.807) is 66.5 Å². The first-order chi connectivity index (χ1) is 30.3. The number of nitrogens with one attached hydrogen (secondary N) is 2. The second-order valence-corrected chi connectivity index (χ2v) is 14.6. The Balaban J connectivity index is 0.961. The van der Waals surface area contributed by atoms with Gasteiger partial charge in [-0.15, -0.1) is 5.10 Å². The minimum atomic E-state index is -0.410. The molecule has 6 bridgehead atoms. The van der Waals surface area contributed by atoms with Crippen molar-refractivity contribution in [3.8, 4) is 23.0 Å². The predicted molar refractivity (Wildman–Crippen MR) is 225 cm³/mol. The summed E-state index contributed by atoms with van der Waals surface area (Å²) >= 11 is 0. The number of aryl methyl sites for hydroxylation is 1. The van der Waals surface area contributed by atoms with Crippen molar-refractivity contribution in [2.45, 2.75) is 51.9 Å². The molecule has 0 unspecified atom stereocenters. The number of ether oxygens (including phenoxy) is 6. The smallest absolute Gasteiger partial charge is 0.261 e. The van der Waals surface area contributed by atoms with Crippen molar-refractivity contribution >= 4 is 23.6 Å². The number of hydrogen-bond donors (Lipinski definition) is 2. The van der Waals surface area contributed by atoms with Gasteiger partial charge in [-0.25, -0.2) is 0 Å². The first-order valence-corrected chi connectivity index (χ1v) is 20.7.